The van der Waals surface area contributed by atoms with Gasteiger partial charge in [-0.25, -0.2) is 13.1 Å². The van der Waals surface area contributed by atoms with E-state index in [2.05, 4.69) is 36.6 Å². The number of sulfonamides is 1. The van der Waals surface area contributed by atoms with Crippen molar-refractivity contribution in [1.82, 2.24) is 20.7 Å². The number of carbonyl (C=O) groups excluding carboxylic acids is 2. The molecule has 0 bridgehead atoms. The molecule has 11 heteroatoms. The monoisotopic (exact) mass is 566 g/mol. The van der Waals surface area contributed by atoms with Crippen molar-refractivity contribution in [2.45, 2.75) is 36.6 Å². The van der Waals surface area contributed by atoms with E-state index in [-0.39, 0.29) is 36.2 Å². The Kier molecular flexibility index (Phi) is 9.28. The van der Waals surface area contributed by atoms with Crippen molar-refractivity contribution in [2.75, 3.05) is 33.3 Å². The van der Waals surface area contributed by atoms with Gasteiger partial charge in [0.05, 0.1) is 18.4 Å². The molecule has 0 spiro atoms. The van der Waals surface area contributed by atoms with Gasteiger partial charge in [-0.2, -0.15) is 0 Å². The van der Waals surface area contributed by atoms with Gasteiger partial charge in [-0.15, -0.1) is 0 Å². The van der Waals surface area contributed by atoms with Crippen LogP contribution in [0.2, 0.25) is 0 Å². The number of piperidine rings is 1. The van der Waals surface area contributed by atoms with Crippen LogP contribution in [0.1, 0.15) is 24.0 Å². The molecular formula is C24H31BrN4O5S. The van der Waals surface area contributed by atoms with Crippen molar-refractivity contribution in [1.29, 1.82) is 0 Å². The molecule has 190 valence electrons. The Bertz CT molecular complexity index is 1150. The predicted octanol–water partition coefficient (Wildman–Crippen LogP) is 1.64. The minimum Gasteiger partial charge on any atom is -0.496 e. The van der Waals surface area contributed by atoms with Gasteiger partial charge in [0, 0.05) is 23.1 Å². The van der Waals surface area contributed by atoms with E-state index in [1.54, 1.807) is 25.3 Å². The van der Waals surface area contributed by atoms with Crippen LogP contribution in [0, 0.1) is 6.92 Å². The molecule has 0 aromatic heterocycles. The highest BCUT2D eigenvalue weighted by atomic mass is 79.9. The van der Waals surface area contributed by atoms with Gasteiger partial charge >= 0.3 is 0 Å². The third-order valence-electron chi connectivity index (χ3n) is 5.90. The lowest BCUT2D eigenvalue weighted by Crippen LogP contribution is -2.63. The molecule has 1 aliphatic heterocycles. The largest absolute Gasteiger partial charge is 0.496 e. The number of hydrogen-bond acceptors (Lipinski definition) is 6. The second kappa shape index (κ2) is 12.0. The molecule has 1 aliphatic rings. The van der Waals surface area contributed by atoms with Gasteiger partial charge in [-0.1, -0.05) is 33.6 Å². The highest BCUT2D eigenvalue weighted by molar-refractivity contribution is 9.10. The van der Waals surface area contributed by atoms with Crippen molar-refractivity contribution < 1.29 is 22.7 Å². The molecule has 4 N–H and O–H groups in total. The summed E-state index contributed by atoms with van der Waals surface area (Å²) in [5.74, 6) is -0.0327. The van der Waals surface area contributed by atoms with E-state index in [9.17, 15) is 18.0 Å². The first-order valence-electron chi connectivity index (χ1n) is 11.3. The topological polar surface area (TPSA) is 126 Å². The first kappa shape index (κ1) is 27.1. The highest BCUT2D eigenvalue weighted by Crippen LogP contribution is 2.24. The summed E-state index contributed by atoms with van der Waals surface area (Å²) in [6, 6.07) is 11.9. The van der Waals surface area contributed by atoms with Gasteiger partial charge in [-0.3, -0.25) is 9.59 Å². The second-order valence-corrected chi connectivity index (χ2v) is 11.2. The number of amides is 2. The fourth-order valence-electron chi connectivity index (χ4n) is 3.96. The normalized spacial score (nSPS) is 15.3. The average molecular weight is 568 g/mol. The van der Waals surface area contributed by atoms with Crippen LogP contribution in [-0.2, 0) is 26.0 Å². The number of methoxy groups -OCH3 is 1. The molecule has 9 nitrogen and oxygen atoms in total. The summed E-state index contributed by atoms with van der Waals surface area (Å²) < 4.78 is 33.6. The number of benzene rings is 2. The van der Waals surface area contributed by atoms with E-state index >= 15 is 0 Å². The molecule has 1 fully saturated rings. The summed E-state index contributed by atoms with van der Waals surface area (Å²) >= 11 is 3.41. The molecule has 3 rings (SSSR count). The minimum atomic E-state index is -3.68. The van der Waals surface area contributed by atoms with Crippen LogP contribution in [0.3, 0.4) is 0 Å². The lowest BCUT2D eigenvalue weighted by Gasteiger charge is -2.37. The molecule has 0 saturated carbocycles. The molecule has 0 unspecified atom stereocenters. The van der Waals surface area contributed by atoms with Crippen LogP contribution in [-0.4, -0.2) is 59.1 Å². The maximum atomic E-state index is 13.2. The molecule has 35 heavy (non-hydrogen) atoms. The average Bonchev–Trinajstić information content (AvgIpc) is 2.82. The van der Waals surface area contributed by atoms with E-state index in [1.165, 1.54) is 12.1 Å². The third-order valence-corrected chi connectivity index (χ3v) is 7.87. The third kappa shape index (κ3) is 7.26. The summed E-state index contributed by atoms with van der Waals surface area (Å²) in [6.07, 6.45) is 0.909. The van der Waals surface area contributed by atoms with Crippen LogP contribution < -0.4 is 25.4 Å². The van der Waals surface area contributed by atoms with E-state index in [4.69, 9.17) is 4.74 Å². The zero-order chi connectivity index (χ0) is 25.5. The quantitative estimate of drug-likeness (QED) is 0.324. The van der Waals surface area contributed by atoms with Crippen LogP contribution in [0.25, 0.3) is 0 Å². The Morgan fingerprint density at radius 3 is 2.43 bits per heavy atom. The van der Waals surface area contributed by atoms with Gasteiger partial charge in [0.1, 0.15) is 11.3 Å². The summed E-state index contributed by atoms with van der Waals surface area (Å²) in [5, 5.41) is 8.93. The van der Waals surface area contributed by atoms with E-state index in [1.807, 2.05) is 19.1 Å². The molecule has 2 amide bonds. The molecule has 0 radical (unpaired) electrons. The van der Waals surface area contributed by atoms with Crippen LogP contribution in [0.4, 0.5) is 0 Å². The molecule has 2 aromatic rings. The van der Waals surface area contributed by atoms with Crippen LogP contribution in [0.15, 0.2) is 51.8 Å². The standard InChI is InChI=1S/C24H31BrN4O5S/c1-17-3-6-20(7-4-17)35(32,33)28-14-13-27-23(31)24(9-11-26-12-10-24)29-22(30)16-18-15-19(25)5-8-21(18)34-2/h3-8,15,26,28H,9-14,16H2,1-2H3,(H,27,31)(H,29,30). The number of hydrogen-bond donors (Lipinski definition) is 4. The van der Waals surface area contributed by atoms with Gasteiger partial charge < -0.3 is 20.7 Å². The Balaban J connectivity index is 1.60. The van der Waals surface area contributed by atoms with Crippen molar-refractivity contribution >= 4 is 37.8 Å². The first-order chi connectivity index (χ1) is 16.6. The van der Waals surface area contributed by atoms with Gasteiger partial charge in [-0.05, 0) is 63.2 Å². The van der Waals surface area contributed by atoms with Crippen molar-refractivity contribution in [3.05, 3.63) is 58.1 Å². The fourth-order valence-corrected chi connectivity index (χ4v) is 5.40. The SMILES string of the molecule is COc1ccc(Br)cc1CC(=O)NC1(C(=O)NCCNS(=O)(=O)c2ccc(C)cc2)CCNCC1. The number of aryl methyl sites for hydroxylation is 1. The summed E-state index contributed by atoms with van der Waals surface area (Å²) in [5.41, 5.74) is 0.593. The van der Waals surface area contributed by atoms with Crippen molar-refractivity contribution in [2.24, 2.45) is 0 Å². The van der Waals surface area contributed by atoms with E-state index in [0.717, 1.165) is 10.0 Å². The maximum absolute atomic E-state index is 13.2. The van der Waals surface area contributed by atoms with Crippen LogP contribution >= 0.6 is 15.9 Å². The summed E-state index contributed by atoms with van der Waals surface area (Å²) in [6.45, 7) is 3.15. The van der Waals surface area contributed by atoms with Gasteiger partial charge in [0.25, 0.3) is 0 Å². The Labute approximate surface area is 214 Å². The smallest absolute Gasteiger partial charge is 0.245 e. The molecule has 1 heterocycles. The Morgan fingerprint density at radius 1 is 1.09 bits per heavy atom. The second-order valence-electron chi connectivity index (χ2n) is 8.48. The molecule has 2 aromatic carbocycles. The number of ether oxygens (including phenoxy) is 1. The number of carbonyl (C=O) groups is 2. The number of nitrogens with one attached hydrogen (secondary N) is 4. The Hall–Kier alpha value is -2.47. The summed E-state index contributed by atoms with van der Waals surface area (Å²) in [7, 11) is -2.13. The number of halogens is 1. The van der Waals surface area contributed by atoms with Crippen molar-refractivity contribution in [3.8, 4) is 5.75 Å². The maximum Gasteiger partial charge on any atom is 0.245 e. The predicted molar refractivity (Wildman–Crippen MR) is 137 cm³/mol. The highest BCUT2D eigenvalue weighted by Gasteiger charge is 2.40. The lowest BCUT2D eigenvalue weighted by atomic mass is 9.86. The zero-order valence-corrected chi connectivity index (χ0v) is 22.2. The minimum absolute atomic E-state index is 0.0272. The van der Waals surface area contributed by atoms with E-state index in [0.29, 0.717) is 37.2 Å². The fraction of sp³-hybridized carbons (Fsp3) is 0.417. The Morgan fingerprint density at radius 2 is 1.77 bits per heavy atom. The lowest BCUT2D eigenvalue weighted by molar-refractivity contribution is -0.134. The molecular weight excluding hydrogens is 536 g/mol. The van der Waals surface area contributed by atoms with Crippen LogP contribution in [0.5, 0.6) is 5.75 Å². The van der Waals surface area contributed by atoms with E-state index < -0.39 is 15.6 Å². The number of rotatable bonds is 10. The molecule has 1 saturated heterocycles. The zero-order valence-electron chi connectivity index (χ0n) is 19.8. The van der Waals surface area contributed by atoms with Crippen molar-refractivity contribution in [3.63, 3.8) is 0 Å². The molecule has 0 atom stereocenters. The van der Waals surface area contributed by atoms with Gasteiger partial charge in [0.2, 0.25) is 21.8 Å². The van der Waals surface area contributed by atoms with Gasteiger partial charge in [0.15, 0.2) is 0 Å². The first-order valence-corrected chi connectivity index (χ1v) is 13.6. The summed E-state index contributed by atoms with van der Waals surface area (Å²) in [4.78, 5) is 26.3. The molecule has 0 aliphatic carbocycles.